The zero-order valence-electron chi connectivity index (χ0n) is 9.88. The molecule has 3 unspecified atom stereocenters. The van der Waals surface area contributed by atoms with Gasteiger partial charge in [-0.25, -0.2) is 0 Å². The van der Waals surface area contributed by atoms with Crippen LogP contribution in [0.25, 0.3) is 0 Å². The molecule has 14 heavy (non-hydrogen) atoms. The molecule has 0 spiro atoms. The lowest BCUT2D eigenvalue weighted by Crippen LogP contribution is -2.27. The average Bonchev–Trinajstić information content (AvgIpc) is 2.62. The van der Waals surface area contributed by atoms with E-state index in [1.54, 1.807) is 0 Å². The minimum Gasteiger partial charge on any atom is -0.314 e. The molecule has 84 valence electrons. The second kappa shape index (κ2) is 6.73. The summed E-state index contributed by atoms with van der Waals surface area (Å²) in [5, 5.41) is 5.42. The van der Waals surface area contributed by atoms with Crippen LogP contribution in [0.1, 0.15) is 52.9 Å². The first-order valence-corrected chi connectivity index (χ1v) is 7.09. The van der Waals surface area contributed by atoms with Gasteiger partial charge in [0, 0.05) is 16.5 Å². The largest absolute Gasteiger partial charge is 0.314 e. The van der Waals surface area contributed by atoms with Crippen LogP contribution in [0.3, 0.4) is 0 Å². The third kappa shape index (κ3) is 4.22. The van der Waals surface area contributed by atoms with Crippen molar-refractivity contribution in [2.24, 2.45) is 0 Å². The Kier molecular flexibility index (Phi) is 5.95. The van der Waals surface area contributed by atoms with Gasteiger partial charge in [0.2, 0.25) is 0 Å². The van der Waals surface area contributed by atoms with E-state index in [9.17, 15) is 0 Å². The summed E-state index contributed by atoms with van der Waals surface area (Å²) in [6.07, 6.45) is 6.80. The molecule has 1 aliphatic rings. The molecule has 3 atom stereocenters. The van der Waals surface area contributed by atoms with Gasteiger partial charge in [-0.1, -0.05) is 20.8 Å². The van der Waals surface area contributed by atoms with E-state index >= 15 is 0 Å². The predicted octanol–water partition coefficient (Wildman–Crippen LogP) is 3.44. The predicted molar refractivity (Wildman–Crippen MR) is 67.1 cm³/mol. The minimum absolute atomic E-state index is 0.816. The summed E-state index contributed by atoms with van der Waals surface area (Å²) in [7, 11) is 0. The molecule has 0 aromatic rings. The Morgan fingerprint density at radius 3 is 2.79 bits per heavy atom. The van der Waals surface area contributed by atoms with E-state index in [4.69, 9.17) is 0 Å². The van der Waals surface area contributed by atoms with Gasteiger partial charge < -0.3 is 5.32 Å². The lowest BCUT2D eigenvalue weighted by molar-refractivity contribution is 0.524. The molecule has 0 amide bonds. The molecule has 1 saturated carbocycles. The quantitative estimate of drug-likeness (QED) is 0.728. The monoisotopic (exact) mass is 215 g/mol. The fourth-order valence-corrected chi connectivity index (χ4v) is 3.49. The van der Waals surface area contributed by atoms with Crippen molar-refractivity contribution in [3.05, 3.63) is 0 Å². The highest BCUT2D eigenvalue weighted by Gasteiger charge is 2.25. The van der Waals surface area contributed by atoms with Crippen LogP contribution in [0, 0.1) is 0 Å². The van der Waals surface area contributed by atoms with Gasteiger partial charge in [0.15, 0.2) is 0 Å². The number of rotatable bonds is 6. The minimum atomic E-state index is 0.816. The summed E-state index contributed by atoms with van der Waals surface area (Å²) >= 11 is 2.20. The van der Waals surface area contributed by atoms with Crippen LogP contribution in [0.2, 0.25) is 0 Å². The van der Waals surface area contributed by atoms with Gasteiger partial charge in [0.1, 0.15) is 0 Å². The lowest BCUT2D eigenvalue weighted by atomic mass is 10.2. The maximum absolute atomic E-state index is 3.64. The van der Waals surface area contributed by atoms with Gasteiger partial charge >= 0.3 is 0 Å². The van der Waals surface area contributed by atoms with Crippen molar-refractivity contribution >= 4 is 11.8 Å². The first-order valence-electron chi connectivity index (χ1n) is 6.15. The van der Waals surface area contributed by atoms with Crippen LogP contribution >= 0.6 is 11.8 Å². The Hall–Kier alpha value is 0.310. The molecule has 0 aliphatic heterocycles. The molecule has 1 N–H and O–H groups in total. The maximum atomic E-state index is 3.64. The second-order valence-electron chi connectivity index (χ2n) is 4.44. The fourth-order valence-electron chi connectivity index (χ4n) is 2.02. The van der Waals surface area contributed by atoms with Gasteiger partial charge in [-0.3, -0.25) is 0 Å². The highest BCUT2D eigenvalue weighted by molar-refractivity contribution is 8.00. The molecule has 0 bridgehead atoms. The van der Waals surface area contributed by atoms with Crippen molar-refractivity contribution in [2.75, 3.05) is 6.54 Å². The summed E-state index contributed by atoms with van der Waals surface area (Å²) < 4.78 is 0. The first kappa shape index (κ1) is 12.4. The van der Waals surface area contributed by atoms with Gasteiger partial charge in [-0.15, -0.1) is 0 Å². The zero-order chi connectivity index (χ0) is 10.4. The molecule has 0 saturated heterocycles. The third-order valence-electron chi connectivity index (χ3n) is 3.07. The smallest absolute Gasteiger partial charge is 0.00779 e. The van der Waals surface area contributed by atoms with E-state index in [0.717, 1.165) is 16.5 Å². The molecule has 0 radical (unpaired) electrons. The molecule has 1 aliphatic carbocycles. The van der Waals surface area contributed by atoms with Crippen LogP contribution in [0.15, 0.2) is 0 Å². The van der Waals surface area contributed by atoms with Crippen molar-refractivity contribution in [2.45, 2.75) is 69.4 Å². The van der Waals surface area contributed by atoms with E-state index in [2.05, 4.69) is 37.8 Å². The standard InChI is InChI=1S/C12H25NS/c1-4-8-13-11-6-7-12(9-11)14-10(3)5-2/h10-13H,4-9H2,1-3H3. The Morgan fingerprint density at radius 1 is 1.36 bits per heavy atom. The van der Waals surface area contributed by atoms with Gasteiger partial charge in [-0.2, -0.15) is 11.8 Å². The van der Waals surface area contributed by atoms with Gasteiger partial charge in [0.05, 0.1) is 0 Å². The number of thioether (sulfide) groups is 1. The van der Waals surface area contributed by atoms with Crippen LogP contribution in [0.4, 0.5) is 0 Å². The summed E-state index contributed by atoms with van der Waals surface area (Å²) in [6.45, 7) is 8.09. The van der Waals surface area contributed by atoms with Crippen molar-refractivity contribution < 1.29 is 0 Å². The fraction of sp³-hybridized carbons (Fsp3) is 1.00. The maximum Gasteiger partial charge on any atom is 0.00779 e. The Bertz CT molecular complexity index is 149. The molecular weight excluding hydrogens is 190 g/mol. The first-order chi connectivity index (χ1) is 6.76. The summed E-state index contributed by atoms with van der Waals surface area (Å²) in [5.74, 6) is 0. The lowest BCUT2D eigenvalue weighted by Gasteiger charge is -2.15. The normalized spacial score (nSPS) is 29.4. The molecule has 2 heteroatoms. The van der Waals surface area contributed by atoms with Gasteiger partial charge in [-0.05, 0) is 38.6 Å². The SMILES string of the molecule is CCCNC1CCC(SC(C)CC)C1. The molecule has 0 aromatic carbocycles. The number of nitrogens with one attached hydrogen (secondary N) is 1. The molecule has 1 fully saturated rings. The van der Waals surface area contributed by atoms with Crippen LogP contribution in [-0.2, 0) is 0 Å². The molecule has 0 aromatic heterocycles. The Balaban J connectivity index is 2.13. The van der Waals surface area contributed by atoms with E-state index in [1.807, 2.05) is 0 Å². The van der Waals surface area contributed by atoms with Crippen molar-refractivity contribution in [3.8, 4) is 0 Å². The summed E-state index contributed by atoms with van der Waals surface area (Å²) in [5.41, 5.74) is 0. The van der Waals surface area contributed by atoms with E-state index in [-0.39, 0.29) is 0 Å². The van der Waals surface area contributed by atoms with Crippen molar-refractivity contribution in [1.29, 1.82) is 0 Å². The molecule has 1 rings (SSSR count). The van der Waals surface area contributed by atoms with Crippen LogP contribution in [0.5, 0.6) is 0 Å². The highest BCUT2D eigenvalue weighted by Crippen LogP contribution is 2.33. The highest BCUT2D eigenvalue weighted by atomic mass is 32.2. The van der Waals surface area contributed by atoms with E-state index < -0.39 is 0 Å². The Morgan fingerprint density at radius 2 is 2.14 bits per heavy atom. The van der Waals surface area contributed by atoms with E-state index in [0.29, 0.717) is 0 Å². The van der Waals surface area contributed by atoms with Crippen LogP contribution < -0.4 is 5.32 Å². The number of hydrogen-bond acceptors (Lipinski definition) is 2. The zero-order valence-corrected chi connectivity index (χ0v) is 10.7. The molecule has 0 heterocycles. The second-order valence-corrected chi connectivity index (χ2v) is 6.18. The molecule has 1 nitrogen and oxygen atoms in total. The summed E-state index contributed by atoms with van der Waals surface area (Å²) in [4.78, 5) is 0. The van der Waals surface area contributed by atoms with Crippen LogP contribution in [-0.4, -0.2) is 23.1 Å². The van der Waals surface area contributed by atoms with E-state index in [1.165, 1.54) is 38.6 Å². The third-order valence-corrected chi connectivity index (χ3v) is 4.68. The van der Waals surface area contributed by atoms with Gasteiger partial charge in [0.25, 0.3) is 0 Å². The average molecular weight is 215 g/mol. The molecular formula is C12H25NS. The summed E-state index contributed by atoms with van der Waals surface area (Å²) in [6, 6.07) is 0.816. The van der Waals surface area contributed by atoms with Crippen molar-refractivity contribution in [3.63, 3.8) is 0 Å². The van der Waals surface area contributed by atoms with Crippen molar-refractivity contribution in [1.82, 2.24) is 5.32 Å². The topological polar surface area (TPSA) is 12.0 Å². The Labute approximate surface area is 93.4 Å². The number of hydrogen-bond donors (Lipinski definition) is 1.